The molecule has 4 aromatic carbocycles. The maximum atomic E-state index is 8.68. The molecule has 78 heavy (non-hydrogen) atoms. The fraction of sp³-hybridized carbons (Fsp3) is 0.405. The van der Waals surface area contributed by atoms with Crippen LogP contribution in [0.5, 0.6) is 0 Å². The molecule has 0 aliphatic carbocycles. The van der Waals surface area contributed by atoms with E-state index in [0.717, 1.165) is 50.5 Å². The Morgan fingerprint density at radius 3 is 1.24 bits per heavy atom. The van der Waals surface area contributed by atoms with Gasteiger partial charge in [-0.15, -0.1) is 0 Å². The van der Waals surface area contributed by atoms with Gasteiger partial charge in [0.25, 0.3) is 0 Å². The quantitative estimate of drug-likeness (QED) is 0.121. The van der Waals surface area contributed by atoms with Gasteiger partial charge in [-0.1, -0.05) is 117 Å². The Labute approximate surface area is 525 Å². The van der Waals surface area contributed by atoms with Crippen molar-refractivity contribution in [3.05, 3.63) is 213 Å². The number of hydrogen-bond donors (Lipinski definition) is 0. The van der Waals surface area contributed by atoms with Crippen LogP contribution in [-0.2, 0) is 40.0 Å². The Balaban J connectivity index is 0.000000271. The van der Waals surface area contributed by atoms with E-state index in [0.29, 0.717) is 27.9 Å². The molecule has 412 valence electrons. The van der Waals surface area contributed by atoms with Gasteiger partial charge in [0.1, 0.15) is 28.2 Å². The van der Waals surface area contributed by atoms with Gasteiger partial charge in [-0.05, 0) is 196 Å². The van der Waals surface area contributed by atoms with Gasteiger partial charge in [-0.3, -0.25) is 0 Å². The molecule has 8 rings (SSSR count). The van der Waals surface area contributed by atoms with Crippen molar-refractivity contribution in [3.63, 3.8) is 0 Å². The summed E-state index contributed by atoms with van der Waals surface area (Å²) in [6.07, 6.45) is 0.624. The van der Waals surface area contributed by atoms with Crippen molar-refractivity contribution in [2.24, 2.45) is 33.6 Å². The fourth-order valence-electron chi connectivity index (χ4n) is 8.92. The SMILES string of the molecule is [2H]C([2H])([2H])CC([2H])(c1ccc(-c2ccc(C([2H])([2H])[2H])c[n+]2C)c(C)c1)C([2H])([2H])C.[2H]C([2H])([2H])CC([2H])(c1ccc(-c2ccc(C([2H])([2H])[2H])c[n+]2C)c(C)c1)C([2H])([2H])[2H].[2H]C([2H])([2H])c1ccc(-c2ccc(C(C)(C([2H])([2H])[2H])C([2H])([2H])[2H])cc2C)[n+](C)c1.[2H]C([2H])([2H])c1ccc(-c2ccc(C([2H])([2H])C(C)(C)C([2H])([2H])[2H])cc2C)[n+](C)c1. The Morgan fingerprint density at radius 2 is 0.885 bits per heavy atom. The van der Waals surface area contributed by atoms with Crippen LogP contribution in [0.15, 0.2) is 146 Å². The highest BCUT2D eigenvalue weighted by Crippen LogP contribution is 2.31. The Morgan fingerprint density at radius 1 is 0.474 bits per heavy atom. The van der Waals surface area contributed by atoms with Crippen LogP contribution < -0.4 is 18.3 Å². The molecule has 4 aromatic heterocycles. The summed E-state index contributed by atoms with van der Waals surface area (Å²) in [7, 11) is 6.94. The van der Waals surface area contributed by atoms with Crippen molar-refractivity contribution in [2.75, 3.05) is 0 Å². The number of hydrogen-bond acceptors (Lipinski definition) is 0. The summed E-state index contributed by atoms with van der Waals surface area (Å²) in [5, 5.41) is 0. The zero-order chi connectivity index (χ0) is 88.2. The van der Waals surface area contributed by atoms with E-state index in [4.69, 9.17) is 49.3 Å². The number of benzene rings is 4. The van der Waals surface area contributed by atoms with Crippen molar-refractivity contribution in [3.8, 4) is 45.0 Å². The molecular formula is C74H100N4+4. The number of pyridine rings is 4. The van der Waals surface area contributed by atoms with Crippen molar-refractivity contribution in [1.82, 2.24) is 0 Å². The van der Waals surface area contributed by atoms with E-state index >= 15 is 0 Å². The zero-order valence-electron chi connectivity index (χ0n) is 83.1. The summed E-state index contributed by atoms with van der Waals surface area (Å²) >= 11 is 0. The number of nitrogens with zero attached hydrogens (tertiary/aromatic N) is 4. The summed E-state index contributed by atoms with van der Waals surface area (Å²) in [5.74, 6) is -4.20. The lowest BCUT2D eigenvalue weighted by atomic mass is 9.85. The summed E-state index contributed by atoms with van der Waals surface area (Å²) in [4.78, 5) is 0. The summed E-state index contributed by atoms with van der Waals surface area (Å²) in [5.41, 5.74) is 7.21. The van der Waals surface area contributed by atoms with Gasteiger partial charge in [0, 0.05) is 118 Å². The van der Waals surface area contributed by atoms with E-state index in [1.165, 1.54) is 70.4 Å². The third-order valence-electron chi connectivity index (χ3n) is 12.9. The second-order valence-electron chi connectivity index (χ2n) is 20.2. The lowest BCUT2D eigenvalue weighted by Crippen LogP contribution is -2.31. The van der Waals surface area contributed by atoms with Crippen molar-refractivity contribution >= 4 is 0 Å². The largest absolute Gasteiger partial charge is 0.212 e. The van der Waals surface area contributed by atoms with Crippen LogP contribution in [0.25, 0.3) is 45.0 Å². The standard InChI is InChI=1S/2C19H26N.2C18H24N/c1-14-7-10-18(20(6)13-14)17-9-8-16(11-15(17)2)12-19(3,4)5;1-6-16(7-2)17-9-10-18(15(4)12-17)19-11-8-14(3)13-20(19)5;1-13-7-10-17(19(6)12-13)16-9-8-15(11-14(16)2)18(3,4)5;1-6-14(3)16-8-9-17(15(4)11-16)18-10-7-13(2)12-19(18)5/h7-11,13H,12H2,1-6H3;8-13,16H,6-7H2,1-5H3;7-12H,1-6H3;7-12,14H,6H2,1-5H3/q4*+1/i1D3,3D3,12D2;1D3,3D3,7D2,16D;1D3,3D3,4D3;1D3,2D3,3D3,14D. The van der Waals surface area contributed by atoms with Gasteiger partial charge >= 0.3 is 0 Å². The number of aryl methyl sites for hydroxylation is 12. The first kappa shape index (κ1) is 28.6. The second kappa shape index (κ2) is 27.4. The van der Waals surface area contributed by atoms with Crippen LogP contribution in [0.2, 0.25) is 0 Å². The van der Waals surface area contributed by atoms with Gasteiger partial charge in [0.2, 0.25) is 22.8 Å². The smallest absolute Gasteiger partial charge is 0.201 e. The molecule has 0 amide bonds. The third kappa shape index (κ3) is 17.0. The fourth-order valence-corrected chi connectivity index (χ4v) is 8.92. The highest BCUT2D eigenvalue weighted by molar-refractivity contribution is 5.64. The zero-order valence-corrected chi connectivity index (χ0v) is 47.1. The van der Waals surface area contributed by atoms with Crippen LogP contribution in [-0.4, -0.2) is 0 Å². The van der Waals surface area contributed by atoms with Gasteiger partial charge in [-0.2, -0.15) is 0 Å². The molecule has 0 bridgehead atoms. The molecule has 0 spiro atoms. The molecule has 0 saturated heterocycles. The molecule has 0 fully saturated rings. The van der Waals surface area contributed by atoms with E-state index in [1.54, 1.807) is 171 Å². The van der Waals surface area contributed by atoms with Crippen LogP contribution >= 0.6 is 0 Å². The first-order valence-corrected chi connectivity index (χ1v) is 25.4. The Bertz CT molecular complexity index is 4560. The Hall–Kier alpha value is -6.52. The van der Waals surface area contributed by atoms with Crippen molar-refractivity contribution < 1.29 is 67.6 Å². The van der Waals surface area contributed by atoms with Gasteiger partial charge in [0.15, 0.2) is 24.8 Å². The molecule has 4 nitrogen and oxygen atoms in total. The van der Waals surface area contributed by atoms with E-state index in [9.17, 15) is 0 Å². The third-order valence-corrected chi connectivity index (χ3v) is 12.9. The van der Waals surface area contributed by atoms with Crippen LogP contribution in [0, 0.1) is 60.5 Å². The van der Waals surface area contributed by atoms with E-state index in [2.05, 4.69) is 0 Å². The number of aromatic nitrogens is 4. The van der Waals surface area contributed by atoms with E-state index in [-0.39, 0.29) is 33.4 Å². The van der Waals surface area contributed by atoms with Crippen molar-refractivity contribution in [2.45, 2.75) is 167 Å². The number of rotatable bonds is 10. The molecule has 4 heterocycles. The molecule has 0 radical (unpaired) electrons. The maximum Gasteiger partial charge on any atom is 0.212 e. The topological polar surface area (TPSA) is 15.5 Å². The first-order valence-electron chi connectivity index (χ1n) is 43.4. The second-order valence-corrected chi connectivity index (χ2v) is 20.2. The van der Waals surface area contributed by atoms with Gasteiger partial charge in [0.05, 0.1) is 0 Å². The molecule has 0 saturated carbocycles. The van der Waals surface area contributed by atoms with Gasteiger partial charge in [-0.25, -0.2) is 18.3 Å². The predicted octanol–water partition coefficient (Wildman–Crippen LogP) is 17.5. The molecule has 2 unspecified atom stereocenters. The first-order chi connectivity index (χ1) is 50.9. The van der Waals surface area contributed by atoms with Crippen LogP contribution in [0.1, 0.15) is 216 Å². The minimum atomic E-state index is -2.82. The van der Waals surface area contributed by atoms with E-state index < -0.39 is 117 Å². The maximum absolute atomic E-state index is 8.68. The van der Waals surface area contributed by atoms with Gasteiger partial charge < -0.3 is 0 Å². The molecule has 0 aliphatic heterocycles. The van der Waals surface area contributed by atoms with Crippen LogP contribution in [0.3, 0.4) is 0 Å². The van der Waals surface area contributed by atoms with Crippen molar-refractivity contribution in [1.29, 1.82) is 0 Å². The summed E-state index contributed by atoms with van der Waals surface area (Å²) in [6, 6.07) is 32.4. The Kier molecular flexibility index (Phi) is 10.0. The summed E-state index contributed by atoms with van der Waals surface area (Å²) in [6.45, 7) is -12.1. The molecule has 4 heteroatoms. The lowest BCUT2D eigenvalue weighted by Gasteiger charge is -2.20. The molecule has 2 atom stereocenters. The minimum Gasteiger partial charge on any atom is -0.201 e. The lowest BCUT2D eigenvalue weighted by molar-refractivity contribution is -0.660. The highest BCUT2D eigenvalue weighted by Gasteiger charge is 2.20. The average molecular weight is 1080 g/mol. The normalized spacial score (nSPS) is 21.7. The molecule has 8 aromatic rings. The molecule has 0 aliphatic rings. The molecular weight excluding hydrogens is 945 g/mol. The monoisotopic (exact) mass is 1080 g/mol. The predicted molar refractivity (Wildman–Crippen MR) is 334 cm³/mol. The highest BCUT2D eigenvalue weighted by atomic mass is 14.9. The minimum absolute atomic E-state index is 0.108. The van der Waals surface area contributed by atoms with Crippen LogP contribution in [0.4, 0.5) is 0 Å². The average Bonchev–Trinajstić information content (AvgIpc) is 0.653. The summed E-state index contributed by atoms with van der Waals surface area (Å²) < 4.78 is 286. The van der Waals surface area contributed by atoms with E-state index in [1.807, 2.05) is 6.92 Å². The molecule has 0 N–H and O–H groups in total.